The van der Waals surface area contributed by atoms with E-state index in [2.05, 4.69) is 55.2 Å². The standard InChI is InChI=1S/C20H17N7/c1-2-6-15(7-3-1)27-20-17(13-23-27)19(24-26-25-20)21-11-10-14-12-22-18-9-5-4-8-16(14)18/h1-9,12-13,22H,10-11H2,(H,21,24,25). The SMILES string of the molecule is c1ccc(-n2ncc3c(NCCc4c[nH]c5ccccc45)nnnc32)cc1. The number of benzene rings is 2. The van der Waals surface area contributed by atoms with Gasteiger partial charge in [-0.1, -0.05) is 36.4 Å². The van der Waals surface area contributed by atoms with Crippen molar-refractivity contribution in [3.63, 3.8) is 0 Å². The molecule has 2 N–H and O–H groups in total. The van der Waals surface area contributed by atoms with Crippen molar-refractivity contribution in [3.8, 4) is 5.69 Å². The number of nitrogens with one attached hydrogen (secondary N) is 2. The number of hydrogen-bond donors (Lipinski definition) is 2. The highest BCUT2D eigenvalue weighted by Crippen LogP contribution is 2.22. The quantitative estimate of drug-likeness (QED) is 0.505. The fourth-order valence-electron chi connectivity index (χ4n) is 3.31. The minimum Gasteiger partial charge on any atom is -0.368 e. The second-order valence-electron chi connectivity index (χ2n) is 6.30. The van der Waals surface area contributed by atoms with Crippen LogP contribution in [0.1, 0.15) is 5.56 Å². The summed E-state index contributed by atoms with van der Waals surface area (Å²) in [6.45, 7) is 0.742. The minimum atomic E-state index is 0.686. The molecule has 3 heterocycles. The fraction of sp³-hybridized carbons (Fsp3) is 0.100. The van der Waals surface area contributed by atoms with E-state index in [9.17, 15) is 0 Å². The summed E-state index contributed by atoms with van der Waals surface area (Å²) >= 11 is 0. The second-order valence-corrected chi connectivity index (χ2v) is 6.30. The summed E-state index contributed by atoms with van der Waals surface area (Å²) in [5.74, 6) is 0.696. The van der Waals surface area contributed by atoms with E-state index in [0.717, 1.165) is 29.6 Å². The number of rotatable bonds is 5. The molecule has 0 radical (unpaired) electrons. The first-order valence-corrected chi connectivity index (χ1v) is 8.81. The Balaban J connectivity index is 1.39. The molecule has 0 bridgehead atoms. The topological polar surface area (TPSA) is 84.3 Å². The molecule has 7 nitrogen and oxygen atoms in total. The normalized spacial score (nSPS) is 11.3. The van der Waals surface area contributed by atoms with Crippen LogP contribution < -0.4 is 5.32 Å². The summed E-state index contributed by atoms with van der Waals surface area (Å²) in [7, 11) is 0. The molecule has 2 aromatic carbocycles. The summed E-state index contributed by atoms with van der Waals surface area (Å²) < 4.78 is 1.77. The van der Waals surface area contributed by atoms with Crippen LogP contribution >= 0.6 is 0 Å². The molecule has 132 valence electrons. The van der Waals surface area contributed by atoms with Gasteiger partial charge >= 0.3 is 0 Å². The third-order valence-electron chi connectivity index (χ3n) is 4.65. The van der Waals surface area contributed by atoms with Gasteiger partial charge in [0.2, 0.25) is 0 Å². The van der Waals surface area contributed by atoms with Gasteiger partial charge in [-0.15, -0.1) is 10.2 Å². The summed E-state index contributed by atoms with van der Waals surface area (Å²) in [5, 5.41) is 22.2. The first-order valence-electron chi connectivity index (χ1n) is 8.81. The summed E-state index contributed by atoms with van der Waals surface area (Å²) in [5.41, 5.74) is 4.06. The van der Waals surface area contributed by atoms with Crippen LogP contribution in [0.3, 0.4) is 0 Å². The highest BCUT2D eigenvalue weighted by Gasteiger charge is 2.12. The molecule has 0 atom stereocenters. The number of hydrogen-bond acceptors (Lipinski definition) is 5. The minimum absolute atomic E-state index is 0.686. The van der Waals surface area contributed by atoms with Crippen molar-refractivity contribution in [1.82, 2.24) is 30.2 Å². The summed E-state index contributed by atoms with van der Waals surface area (Å²) in [6, 6.07) is 18.2. The van der Waals surface area contributed by atoms with E-state index in [0.29, 0.717) is 11.5 Å². The third-order valence-corrected chi connectivity index (χ3v) is 4.65. The molecule has 0 saturated carbocycles. The molecule has 5 aromatic rings. The Morgan fingerprint density at radius 2 is 1.78 bits per heavy atom. The molecule has 7 heteroatoms. The average molecular weight is 355 g/mol. The van der Waals surface area contributed by atoms with Crippen LogP contribution in [0.4, 0.5) is 5.82 Å². The average Bonchev–Trinajstić information content (AvgIpc) is 3.34. The lowest BCUT2D eigenvalue weighted by atomic mass is 10.1. The van der Waals surface area contributed by atoms with Crippen LogP contribution in [0.15, 0.2) is 67.0 Å². The molecule has 0 fully saturated rings. The van der Waals surface area contributed by atoms with E-state index in [4.69, 9.17) is 0 Å². The number of fused-ring (bicyclic) bond motifs is 2. The fourth-order valence-corrected chi connectivity index (χ4v) is 3.31. The zero-order valence-electron chi connectivity index (χ0n) is 14.5. The molecule has 0 aliphatic rings. The summed E-state index contributed by atoms with van der Waals surface area (Å²) in [4.78, 5) is 3.31. The molecule has 0 saturated heterocycles. The number of aromatic nitrogens is 6. The van der Waals surface area contributed by atoms with E-state index in [1.54, 1.807) is 10.9 Å². The molecule has 3 aromatic heterocycles. The Morgan fingerprint density at radius 3 is 2.70 bits per heavy atom. The molecule has 27 heavy (non-hydrogen) atoms. The number of nitrogens with zero attached hydrogens (tertiary/aromatic N) is 5. The van der Waals surface area contributed by atoms with Crippen molar-refractivity contribution >= 4 is 27.8 Å². The molecule has 5 rings (SSSR count). The van der Waals surface area contributed by atoms with Crippen molar-refractivity contribution in [2.24, 2.45) is 0 Å². The van der Waals surface area contributed by atoms with Gasteiger partial charge in [0.25, 0.3) is 0 Å². The molecular formula is C20H17N7. The van der Waals surface area contributed by atoms with Crippen LogP contribution in [-0.4, -0.2) is 36.7 Å². The van der Waals surface area contributed by atoms with Gasteiger partial charge in [-0.2, -0.15) is 5.10 Å². The van der Waals surface area contributed by atoms with Gasteiger partial charge < -0.3 is 10.3 Å². The van der Waals surface area contributed by atoms with E-state index >= 15 is 0 Å². The predicted molar refractivity (Wildman–Crippen MR) is 105 cm³/mol. The second kappa shape index (κ2) is 6.53. The van der Waals surface area contributed by atoms with Crippen LogP contribution in [0.25, 0.3) is 27.6 Å². The lowest BCUT2D eigenvalue weighted by molar-refractivity contribution is 0.838. The molecule has 0 amide bonds. The van der Waals surface area contributed by atoms with Gasteiger partial charge in [0.05, 0.1) is 17.3 Å². The van der Waals surface area contributed by atoms with Crippen molar-refractivity contribution in [2.75, 3.05) is 11.9 Å². The molecular weight excluding hydrogens is 338 g/mol. The van der Waals surface area contributed by atoms with Crippen LogP contribution in [-0.2, 0) is 6.42 Å². The number of anilines is 1. The number of para-hydroxylation sites is 2. The van der Waals surface area contributed by atoms with Gasteiger partial charge in [-0.25, -0.2) is 4.68 Å². The van der Waals surface area contributed by atoms with E-state index in [-0.39, 0.29) is 0 Å². The van der Waals surface area contributed by atoms with Gasteiger partial charge in [0.15, 0.2) is 11.5 Å². The first kappa shape index (κ1) is 15.5. The van der Waals surface area contributed by atoms with Crippen LogP contribution in [0, 0.1) is 0 Å². The molecule has 0 aliphatic carbocycles. The molecule has 0 unspecified atom stereocenters. The smallest absolute Gasteiger partial charge is 0.190 e. The molecule has 0 aliphatic heterocycles. The Hall–Kier alpha value is -3.74. The number of H-pyrrole nitrogens is 1. The Labute approximate surface area is 155 Å². The summed E-state index contributed by atoms with van der Waals surface area (Å²) in [6.07, 6.45) is 4.72. The van der Waals surface area contributed by atoms with E-state index in [1.165, 1.54) is 10.9 Å². The van der Waals surface area contributed by atoms with Gasteiger partial charge in [-0.05, 0) is 35.4 Å². The van der Waals surface area contributed by atoms with Gasteiger partial charge in [-0.3, -0.25) is 0 Å². The zero-order chi connectivity index (χ0) is 18.1. The maximum atomic E-state index is 4.45. The maximum absolute atomic E-state index is 4.45. The van der Waals surface area contributed by atoms with Crippen LogP contribution in [0.2, 0.25) is 0 Å². The monoisotopic (exact) mass is 355 g/mol. The van der Waals surface area contributed by atoms with Crippen molar-refractivity contribution in [3.05, 3.63) is 72.6 Å². The van der Waals surface area contributed by atoms with Crippen molar-refractivity contribution in [1.29, 1.82) is 0 Å². The number of aromatic amines is 1. The molecule has 0 spiro atoms. The first-order chi connectivity index (χ1) is 13.4. The predicted octanol–water partition coefficient (Wildman–Crippen LogP) is 3.35. The lowest BCUT2D eigenvalue weighted by Gasteiger charge is -2.06. The Morgan fingerprint density at radius 1 is 0.926 bits per heavy atom. The van der Waals surface area contributed by atoms with E-state index in [1.807, 2.05) is 36.4 Å². The van der Waals surface area contributed by atoms with Crippen molar-refractivity contribution < 1.29 is 0 Å². The van der Waals surface area contributed by atoms with E-state index < -0.39 is 0 Å². The van der Waals surface area contributed by atoms with Gasteiger partial charge in [0, 0.05) is 23.6 Å². The Bertz CT molecular complexity index is 1210. The highest BCUT2D eigenvalue weighted by molar-refractivity contribution is 5.87. The lowest BCUT2D eigenvalue weighted by Crippen LogP contribution is -2.08. The maximum Gasteiger partial charge on any atom is 0.190 e. The Kier molecular flexibility index (Phi) is 3.75. The highest BCUT2D eigenvalue weighted by atomic mass is 15.4. The van der Waals surface area contributed by atoms with Crippen molar-refractivity contribution in [2.45, 2.75) is 6.42 Å². The van der Waals surface area contributed by atoms with Crippen LogP contribution in [0.5, 0.6) is 0 Å². The van der Waals surface area contributed by atoms with Gasteiger partial charge in [0.1, 0.15) is 0 Å². The zero-order valence-corrected chi connectivity index (χ0v) is 14.5. The largest absolute Gasteiger partial charge is 0.368 e. The third kappa shape index (κ3) is 2.79.